The number of hydrogen-bond donors (Lipinski definition) is 0. The van der Waals surface area contributed by atoms with Gasteiger partial charge in [0.1, 0.15) is 18.6 Å². The van der Waals surface area contributed by atoms with E-state index in [2.05, 4.69) is 0 Å². The number of rotatable bonds is 0. The van der Waals surface area contributed by atoms with Crippen molar-refractivity contribution in [3.05, 3.63) is 9.45 Å². The summed E-state index contributed by atoms with van der Waals surface area (Å²) in [6.45, 7) is -0.0998. The molecule has 0 saturated heterocycles. The van der Waals surface area contributed by atoms with E-state index in [9.17, 15) is 4.79 Å². The van der Waals surface area contributed by atoms with Crippen molar-refractivity contribution in [1.82, 2.24) is 0 Å². The molecule has 1 aliphatic heterocycles. The van der Waals surface area contributed by atoms with Crippen LogP contribution in [0.5, 0.6) is 0 Å². The highest BCUT2D eigenvalue weighted by molar-refractivity contribution is 7.47. The van der Waals surface area contributed by atoms with E-state index in [1.165, 1.54) is 7.71 Å². The molecule has 0 saturated carbocycles. The summed E-state index contributed by atoms with van der Waals surface area (Å²) >= 11 is 0. The first-order chi connectivity index (χ1) is 2.39. The van der Waals surface area contributed by atoms with Gasteiger partial charge in [0.25, 0.3) is 0 Å². The van der Waals surface area contributed by atoms with Crippen molar-refractivity contribution in [1.29, 1.82) is 0 Å². The molecule has 5 heavy (non-hydrogen) atoms. The van der Waals surface area contributed by atoms with Gasteiger partial charge in [0.2, 0.25) is 0 Å². The highest BCUT2D eigenvalue weighted by Gasteiger charge is 2.14. The minimum absolute atomic E-state index is 0.0499. The van der Waals surface area contributed by atoms with E-state index in [0.29, 0.717) is 0 Å². The lowest BCUT2D eigenvalue weighted by molar-refractivity contribution is 2.24. The highest BCUT2D eigenvalue weighted by atomic mass is 29.6. The maximum Gasteiger partial charge on any atom is 0.133 e. The zero-order valence-corrected chi connectivity index (χ0v) is 5.41. The average molecular weight is 112 g/mol. The third kappa shape index (κ3) is 0.153. The van der Waals surface area contributed by atoms with Gasteiger partial charge >= 0.3 is 0 Å². The molecule has 0 aliphatic carbocycles. The number of hydrogen-bond acceptors (Lipinski definition) is 1. The van der Waals surface area contributed by atoms with Crippen molar-refractivity contribution in [2.24, 2.45) is 0 Å². The van der Waals surface area contributed by atoms with Gasteiger partial charge in [-0.1, -0.05) is 7.71 Å². The predicted molar refractivity (Wildman–Crippen MR) is 23.5 cm³/mol. The summed E-state index contributed by atoms with van der Waals surface area (Å²) < 4.78 is 0.735. The molecule has 2 heterocycles. The Morgan fingerprint density at radius 3 is 2.00 bits per heavy atom. The molecular weight excluding hydrogens is 112 g/mol. The van der Waals surface area contributed by atoms with Crippen LogP contribution in [0.15, 0.2) is 4.79 Å². The molecule has 0 atom stereocenters. The third-order valence-electron chi connectivity index (χ3n) is 0.829. The fourth-order valence-electron chi connectivity index (χ4n) is 0.315. The maximum atomic E-state index is 10.0. The molecule has 22 valence electrons. The molecule has 0 spiro atoms. The summed E-state index contributed by atoms with van der Waals surface area (Å²) in [7, 11) is 1.24. The molecule has 1 nitrogen and oxygen atoms in total. The first kappa shape index (κ1) is 2.49. The van der Waals surface area contributed by atoms with Gasteiger partial charge in [0.15, 0.2) is 0 Å². The van der Waals surface area contributed by atoms with Crippen LogP contribution < -0.4 is 4.65 Å². The Kier molecular flexibility index (Phi) is 0.222. The molecule has 0 aromatic carbocycles. The Labute approximate surface area is 31.9 Å². The van der Waals surface area contributed by atoms with E-state index in [4.69, 9.17) is 0 Å². The van der Waals surface area contributed by atoms with Gasteiger partial charge in [-0.3, -0.25) is 0 Å². The molecule has 0 bridgehead atoms. The second-order valence-electron chi connectivity index (χ2n) is 1.20. The summed E-state index contributed by atoms with van der Waals surface area (Å²) in [4.78, 5) is 10.0. The second kappa shape index (κ2) is 0.447. The van der Waals surface area contributed by atoms with Crippen LogP contribution in [0.25, 0.3) is 0 Å². The van der Waals surface area contributed by atoms with E-state index in [1.54, 1.807) is 0 Å². The summed E-state index contributed by atoms with van der Waals surface area (Å²) in [6, 6.07) is 0. The van der Waals surface area contributed by atoms with Gasteiger partial charge in [0, 0.05) is 0 Å². The van der Waals surface area contributed by atoms with Crippen molar-refractivity contribution in [3.8, 4) is 0 Å². The quantitative estimate of drug-likeness (QED) is 0.368. The van der Waals surface area contributed by atoms with Gasteiger partial charge in [-0.2, -0.15) is 0 Å². The van der Waals surface area contributed by atoms with Crippen LogP contribution in [-0.4, -0.2) is 21.7 Å². The second-order valence-corrected chi connectivity index (χ2v) is 16.4. The van der Waals surface area contributed by atoms with Crippen LogP contribution in [0.4, 0.5) is 0 Å². The van der Waals surface area contributed by atoms with Crippen LogP contribution in [0.3, 0.4) is 0 Å². The smallest absolute Gasteiger partial charge is 0.133 e. The summed E-state index contributed by atoms with van der Waals surface area (Å²) in [5.41, 5.74) is 0. The zero-order valence-electron chi connectivity index (χ0n) is 2.41. The Morgan fingerprint density at radius 2 is 2.00 bits per heavy atom. The fraction of sp³-hybridized carbons (Fsp3) is 0. The molecule has 1 aliphatic rings. The normalized spacial score (nSPS) is 12.8. The first-order valence-electron chi connectivity index (χ1n) is 1.45. The molecule has 2 rings (SSSR count). The summed E-state index contributed by atoms with van der Waals surface area (Å²) in [5.74, 6) is 0. The van der Waals surface area contributed by atoms with Crippen LogP contribution in [0.1, 0.15) is 0 Å². The molecule has 4 heteroatoms. The van der Waals surface area contributed by atoms with Crippen LogP contribution >= 0.6 is 0 Å². The van der Waals surface area contributed by atoms with Crippen molar-refractivity contribution >= 4 is 21.7 Å². The molecule has 0 fully saturated rings. The lowest BCUT2D eigenvalue weighted by atomic mass is 11.8. The van der Waals surface area contributed by atoms with Gasteiger partial charge in [-0.25, -0.2) is 0 Å². The molecule has 1 aromatic heterocycles. The maximum absolute atomic E-state index is 10.0. The molecule has 0 unspecified atom stereocenters. The van der Waals surface area contributed by atoms with E-state index >= 15 is 0 Å². The molecule has 0 radical (unpaired) electrons. The minimum Gasteiger partial charge on any atom is -0.302 e. The molecule has 0 amide bonds. The topological polar surface area (TPSA) is 17.1 Å². The Hall–Kier alpha value is 0.321. The predicted octanol–water partition coefficient (Wildman–Crippen LogP) is -1.78. The van der Waals surface area contributed by atoms with Crippen molar-refractivity contribution < 1.29 is 0 Å². The largest absolute Gasteiger partial charge is 0.302 e. The molecule has 0 N–H and O–H groups in total. The van der Waals surface area contributed by atoms with Crippen molar-refractivity contribution in [2.75, 3.05) is 0 Å². The third-order valence-corrected chi connectivity index (χ3v) is 16.5. The standard InChI is InChI=1S/COSi3/c2-1-4-3-5(1)4. The lowest BCUT2D eigenvalue weighted by Crippen LogP contribution is -1.87. The van der Waals surface area contributed by atoms with Gasteiger partial charge in [0.05, 0.1) is 0 Å². The van der Waals surface area contributed by atoms with Gasteiger partial charge in [-0.05, 0) is 0 Å². The average Bonchev–Trinajstić information content (AvgIpc) is 2.11. The van der Waals surface area contributed by atoms with E-state index in [-0.39, 0.29) is 14.0 Å². The van der Waals surface area contributed by atoms with Crippen LogP contribution in [0.2, 0.25) is 0 Å². The minimum atomic E-state index is -0.0499. The number of fused-ring (bicyclic) bond motifs is 1. The monoisotopic (exact) mass is 112 g/mol. The summed E-state index contributed by atoms with van der Waals surface area (Å²) in [5, 5.41) is 0. The van der Waals surface area contributed by atoms with Gasteiger partial charge in [-0.15, -0.1) is 0 Å². The van der Waals surface area contributed by atoms with Crippen LogP contribution in [0, 0.1) is 0 Å². The van der Waals surface area contributed by atoms with Crippen molar-refractivity contribution in [3.63, 3.8) is 0 Å². The molecule has 1 aromatic rings. The lowest BCUT2D eigenvalue weighted by Gasteiger charge is -1.30. The Balaban J connectivity index is 3.72. The van der Waals surface area contributed by atoms with Crippen LogP contribution in [-0.2, 0) is 0 Å². The van der Waals surface area contributed by atoms with Gasteiger partial charge < -0.3 is 4.79 Å². The Morgan fingerprint density at radius 1 is 1.60 bits per heavy atom. The molecular formula is COSi3. The van der Waals surface area contributed by atoms with E-state index in [0.717, 1.165) is 4.65 Å². The fourth-order valence-corrected chi connectivity index (χ4v) is 14.8. The first-order valence-corrected chi connectivity index (χ1v) is 8.45. The Bertz CT molecular complexity index is 251. The highest BCUT2D eigenvalue weighted by Crippen LogP contribution is 1.59. The zero-order chi connectivity index (χ0) is 3.44. The summed E-state index contributed by atoms with van der Waals surface area (Å²) in [6.07, 6.45) is 0. The van der Waals surface area contributed by atoms with E-state index in [1.807, 2.05) is 0 Å². The van der Waals surface area contributed by atoms with Crippen molar-refractivity contribution in [2.45, 2.75) is 0 Å². The van der Waals surface area contributed by atoms with E-state index < -0.39 is 0 Å². The SMILES string of the molecule is O=c1[si]2[si]1=[Si]=2.